The Kier molecular flexibility index (Phi) is 7.54. The van der Waals surface area contributed by atoms with Crippen molar-refractivity contribution in [1.29, 1.82) is 0 Å². The molecule has 3 amide bonds. The van der Waals surface area contributed by atoms with Crippen LogP contribution in [0.25, 0.3) is 10.9 Å². The van der Waals surface area contributed by atoms with E-state index in [9.17, 15) is 14.4 Å². The summed E-state index contributed by atoms with van der Waals surface area (Å²) >= 11 is 0. The van der Waals surface area contributed by atoms with Gasteiger partial charge in [-0.15, -0.1) is 0 Å². The smallest absolute Gasteiger partial charge is 0.254 e. The van der Waals surface area contributed by atoms with Crippen molar-refractivity contribution in [3.8, 4) is 0 Å². The Balaban J connectivity index is 1.41. The molecule has 184 valence electrons. The highest BCUT2D eigenvalue weighted by atomic mass is 16.2. The lowest BCUT2D eigenvalue weighted by Gasteiger charge is -2.39. The van der Waals surface area contributed by atoms with E-state index in [4.69, 9.17) is 0 Å². The predicted octanol–water partition coefficient (Wildman–Crippen LogP) is 2.97. The quantitative estimate of drug-likeness (QED) is 0.708. The van der Waals surface area contributed by atoms with Gasteiger partial charge in [0, 0.05) is 50.1 Å². The second-order valence-electron chi connectivity index (χ2n) is 9.85. The van der Waals surface area contributed by atoms with Crippen LogP contribution >= 0.6 is 0 Å². The largest absolute Gasteiger partial charge is 0.344 e. The summed E-state index contributed by atoms with van der Waals surface area (Å²) in [7, 11) is 1.86. The molecule has 1 saturated carbocycles. The number of benzene rings is 1. The van der Waals surface area contributed by atoms with Gasteiger partial charge in [-0.05, 0) is 37.3 Å². The Morgan fingerprint density at radius 2 is 1.74 bits per heavy atom. The maximum Gasteiger partial charge on any atom is 0.254 e. The Bertz CT molecular complexity index is 1030. The fraction of sp³-hybridized carbons (Fsp3) is 0.615. The molecule has 2 heterocycles. The molecule has 1 N–H and O–H groups in total. The van der Waals surface area contributed by atoms with Crippen molar-refractivity contribution < 1.29 is 14.4 Å². The zero-order valence-electron chi connectivity index (χ0n) is 20.6. The molecule has 2 fully saturated rings. The first-order chi connectivity index (χ1) is 16.4. The first-order valence-electron chi connectivity index (χ1n) is 12.7. The molecule has 1 aliphatic carbocycles. The van der Waals surface area contributed by atoms with Crippen molar-refractivity contribution in [3.05, 3.63) is 30.0 Å². The van der Waals surface area contributed by atoms with E-state index >= 15 is 0 Å². The second kappa shape index (κ2) is 10.6. The number of hydrogen-bond donors (Lipinski definition) is 1. The highest BCUT2D eigenvalue weighted by molar-refractivity contribution is 5.98. The lowest BCUT2D eigenvalue weighted by atomic mass is 9.83. The van der Waals surface area contributed by atoms with Crippen molar-refractivity contribution >= 4 is 28.6 Å². The fourth-order valence-corrected chi connectivity index (χ4v) is 5.12. The molecule has 1 aromatic heterocycles. The van der Waals surface area contributed by atoms with E-state index < -0.39 is 6.04 Å². The fourth-order valence-electron chi connectivity index (χ4n) is 5.12. The van der Waals surface area contributed by atoms with Crippen LogP contribution in [0, 0.1) is 11.8 Å². The van der Waals surface area contributed by atoms with Gasteiger partial charge in [0.1, 0.15) is 6.04 Å². The maximum absolute atomic E-state index is 13.5. The summed E-state index contributed by atoms with van der Waals surface area (Å²) in [6.07, 6.45) is 7.91. The number of hydrogen-bond acceptors (Lipinski definition) is 4. The first-order valence-corrected chi connectivity index (χ1v) is 12.7. The predicted molar refractivity (Wildman–Crippen MR) is 131 cm³/mol. The normalized spacial score (nSPS) is 19.1. The summed E-state index contributed by atoms with van der Waals surface area (Å²) in [4.78, 5) is 43.0. The van der Waals surface area contributed by atoms with Gasteiger partial charge in [0.2, 0.25) is 11.8 Å². The van der Waals surface area contributed by atoms with Gasteiger partial charge in [-0.25, -0.2) is 0 Å². The summed E-state index contributed by atoms with van der Waals surface area (Å²) in [6, 6.07) is 5.18. The Hall–Kier alpha value is -2.90. The number of amides is 3. The van der Waals surface area contributed by atoms with Gasteiger partial charge >= 0.3 is 0 Å². The molecule has 0 radical (unpaired) electrons. The molecule has 34 heavy (non-hydrogen) atoms. The number of nitrogens with one attached hydrogen (secondary N) is 1. The van der Waals surface area contributed by atoms with Crippen LogP contribution in [0.1, 0.15) is 62.7 Å². The zero-order valence-corrected chi connectivity index (χ0v) is 20.6. The van der Waals surface area contributed by atoms with Crippen molar-refractivity contribution in [2.75, 3.05) is 26.2 Å². The third-order valence-electron chi connectivity index (χ3n) is 7.62. The van der Waals surface area contributed by atoms with Gasteiger partial charge in [-0.1, -0.05) is 39.2 Å². The molecule has 2 aliphatic rings. The van der Waals surface area contributed by atoms with E-state index in [1.165, 1.54) is 6.42 Å². The van der Waals surface area contributed by atoms with E-state index in [1.807, 2.05) is 48.9 Å². The minimum absolute atomic E-state index is 0.00644. The van der Waals surface area contributed by atoms with Crippen LogP contribution in [0.3, 0.4) is 0 Å². The van der Waals surface area contributed by atoms with Crippen LogP contribution in [0.5, 0.6) is 0 Å². The van der Waals surface area contributed by atoms with Gasteiger partial charge in [-0.2, -0.15) is 5.10 Å². The van der Waals surface area contributed by atoms with Crippen LogP contribution in [-0.4, -0.2) is 69.5 Å². The number of piperazine rings is 1. The number of carbonyl (C=O) groups is 3. The second-order valence-corrected chi connectivity index (χ2v) is 9.85. The minimum atomic E-state index is -0.462. The average molecular weight is 468 g/mol. The number of rotatable bonds is 6. The van der Waals surface area contributed by atoms with Crippen molar-refractivity contribution in [3.63, 3.8) is 0 Å². The monoisotopic (exact) mass is 467 g/mol. The maximum atomic E-state index is 13.5. The van der Waals surface area contributed by atoms with Gasteiger partial charge < -0.3 is 15.1 Å². The molecular formula is C26H37N5O3. The van der Waals surface area contributed by atoms with Crippen LogP contribution in [0.2, 0.25) is 0 Å². The molecule has 8 heteroatoms. The standard InChI is InChI=1S/C26H37N5O3/c1-4-18(2)24(32)28-23(19-8-6-5-7-9-19)26(34)31-14-12-30(13-15-31)25(33)20-10-11-21-17-27-29(3)22(21)16-20/h10-11,16-19,23H,4-9,12-15H2,1-3H3,(H,28,32)/t18-,23+/m1/s1. The molecule has 1 aromatic carbocycles. The van der Waals surface area contributed by atoms with Gasteiger partial charge in [-0.3, -0.25) is 19.1 Å². The van der Waals surface area contributed by atoms with Crippen LogP contribution < -0.4 is 5.32 Å². The van der Waals surface area contributed by atoms with E-state index in [0.29, 0.717) is 31.7 Å². The molecular weight excluding hydrogens is 430 g/mol. The lowest BCUT2D eigenvalue weighted by Crippen LogP contribution is -2.58. The lowest BCUT2D eigenvalue weighted by molar-refractivity contribution is -0.140. The highest BCUT2D eigenvalue weighted by Crippen LogP contribution is 2.28. The summed E-state index contributed by atoms with van der Waals surface area (Å²) in [5, 5.41) is 8.34. The topological polar surface area (TPSA) is 87.5 Å². The van der Waals surface area contributed by atoms with Gasteiger partial charge in [0.05, 0.1) is 11.7 Å². The molecule has 8 nitrogen and oxygen atoms in total. The number of aromatic nitrogens is 2. The molecule has 0 unspecified atom stereocenters. The molecule has 2 aromatic rings. The minimum Gasteiger partial charge on any atom is -0.344 e. The first kappa shape index (κ1) is 24.2. The SMILES string of the molecule is CC[C@@H](C)C(=O)N[C@H](C(=O)N1CCN(C(=O)c2ccc3cnn(C)c3c2)CC1)C1CCCCC1. The van der Waals surface area contributed by atoms with Crippen molar-refractivity contribution in [1.82, 2.24) is 24.9 Å². The molecule has 1 saturated heterocycles. The zero-order chi connectivity index (χ0) is 24.2. The van der Waals surface area contributed by atoms with Gasteiger partial charge in [0.25, 0.3) is 5.91 Å². The Morgan fingerprint density at radius 3 is 2.41 bits per heavy atom. The van der Waals surface area contributed by atoms with E-state index in [1.54, 1.807) is 10.9 Å². The summed E-state index contributed by atoms with van der Waals surface area (Å²) in [5.74, 6) is 0.0338. The number of nitrogens with zero attached hydrogens (tertiary/aromatic N) is 4. The van der Waals surface area contributed by atoms with E-state index in [0.717, 1.165) is 43.0 Å². The molecule has 2 atom stereocenters. The van der Waals surface area contributed by atoms with Gasteiger partial charge in [0.15, 0.2) is 0 Å². The Morgan fingerprint density at radius 1 is 1.06 bits per heavy atom. The van der Waals surface area contributed by atoms with Crippen LogP contribution in [-0.2, 0) is 16.6 Å². The summed E-state index contributed by atoms with van der Waals surface area (Å²) in [5.41, 5.74) is 1.56. The van der Waals surface area contributed by atoms with Crippen molar-refractivity contribution in [2.45, 2.75) is 58.4 Å². The molecule has 4 rings (SSSR count). The van der Waals surface area contributed by atoms with Crippen molar-refractivity contribution in [2.24, 2.45) is 18.9 Å². The van der Waals surface area contributed by atoms with Crippen LogP contribution in [0.15, 0.2) is 24.4 Å². The number of aryl methyl sites for hydroxylation is 1. The third-order valence-corrected chi connectivity index (χ3v) is 7.62. The molecule has 0 bridgehead atoms. The third kappa shape index (κ3) is 5.10. The van der Waals surface area contributed by atoms with Crippen LogP contribution in [0.4, 0.5) is 0 Å². The number of fused-ring (bicyclic) bond motifs is 1. The summed E-state index contributed by atoms with van der Waals surface area (Å²) < 4.78 is 1.77. The molecule has 1 aliphatic heterocycles. The van der Waals surface area contributed by atoms with E-state index in [-0.39, 0.29) is 29.6 Å². The number of carbonyl (C=O) groups excluding carboxylic acids is 3. The Labute approximate surface area is 201 Å². The molecule has 0 spiro atoms. The van der Waals surface area contributed by atoms with E-state index in [2.05, 4.69) is 10.4 Å². The highest BCUT2D eigenvalue weighted by Gasteiger charge is 2.36. The average Bonchev–Trinajstić information content (AvgIpc) is 3.26. The summed E-state index contributed by atoms with van der Waals surface area (Å²) in [6.45, 7) is 5.85.